The fraction of sp³-hybridized carbons (Fsp3) is 0.727. The highest BCUT2D eigenvalue weighted by molar-refractivity contribution is 6.91. The van der Waals surface area contributed by atoms with Crippen LogP contribution in [0, 0.1) is 5.92 Å². The van der Waals surface area contributed by atoms with Crippen LogP contribution in [0.5, 0.6) is 0 Å². The Balaban J connectivity index is 1.57. The molecule has 4 heteroatoms. The maximum Gasteiger partial charge on any atom is 0.0844 e. The van der Waals surface area contributed by atoms with Gasteiger partial charge in [-0.15, -0.1) is 0 Å². The van der Waals surface area contributed by atoms with E-state index in [0.29, 0.717) is 12.2 Å². The largest absolute Gasteiger partial charge is 0.370 e. The van der Waals surface area contributed by atoms with Crippen LogP contribution in [-0.2, 0) is 4.74 Å². The highest BCUT2D eigenvalue weighted by atomic mass is 28.3. The van der Waals surface area contributed by atoms with E-state index in [4.69, 9.17) is 4.74 Å². The molecule has 1 aromatic carbocycles. The third-order valence-electron chi connectivity index (χ3n) is 7.08. The van der Waals surface area contributed by atoms with Crippen LogP contribution < -0.4 is 10.4 Å². The van der Waals surface area contributed by atoms with Crippen molar-refractivity contribution in [2.75, 3.05) is 0 Å². The first-order valence-electron chi connectivity index (χ1n) is 10.9. The summed E-state index contributed by atoms with van der Waals surface area (Å²) in [5.41, 5.74) is 0. The molecule has 0 amide bonds. The van der Waals surface area contributed by atoms with Gasteiger partial charge in [0.05, 0.1) is 28.4 Å². The van der Waals surface area contributed by atoms with Gasteiger partial charge in [0, 0.05) is 8.80 Å². The summed E-state index contributed by atoms with van der Waals surface area (Å²) in [6, 6.07) is 14.4. The van der Waals surface area contributed by atoms with Crippen LogP contribution in [0.15, 0.2) is 24.3 Å². The summed E-state index contributed by atoms with van der Waals surface area (Å²) in [6.45, 7) is 15.3. The van der Waals surface area contributed by atoms with E-state index in [1.807, 2.05) is 0 Å². The summed E-state index contributed by atoms with van der Waals surface area (Å²) in [4.78, 5) is 0. The average Bonchev–Trinajstić information content (AvgIpc) is 3.37. The maximum atomic E-state index is 5.72. The van der Waals surface area contributed by atoms with Crippen molar-refractivity contribution in [3.63, 3.8) is 0 Å². The molecule has 2 fully saturated rings. The van der Waals surface area contributed by atoms with Gasteiger partial charge >= 0.3 is 0 Å². The molecule has 0 N–H and O–H groups in total. The summed E-state index contributed by atoms with van der Waals surface area (Å²) in [5.74, 6) is 0.927. The molecule has 1 saturated carbocycles. The van der Waals surface area contributed by atoms with Crippen LogP contribution in [0.25, 0.3) is 0 Å². The predicted molar refractivity (Wildman–Crippen MR) is 125 cm³/mol. The van der Waals surface area contributed by atoms with Crippen molar-refractivity contribution < 1.29 is 4.74 Å². The third kappa shape index (κ3) is 5.21. The van der Waals surface area contributed by atoms with Gasteiger partial charge in [0.25, 0.3) is 0 Å². The van der Waals surface area contributed by atoms with Crippen molar-refractivity contribution in [3.8, 4) is 0 Å². The van der Waals surface area contributed by atoms with Crippen LogP contribution in [0.4, 0.5) is 0 Å². The molecule has 1 heterocycles. The van der Waals surface area contributed by atoms with Gasteiger partial charge in [-0.1, -0.05) is 98.5 Å². The van der Waals surface area contributed by atoms with Gasteiger partial charge in [-0.2, -0.15) is 0 Å². The van der Waals surface area contributed by atoms with E-state index in [1.165, 1.54) is 43.8 Å². The quantitative estimate of drug-likeness (QED) is 0.440. The summed E-state index contributed by atoms with van der Waals surface area (Å²) < 4.78 is 5.72. The summed E-state index contributed by atoms with van der Waals surface area (Å²) >= 11 is 0. The first-order valence-corrected chi connectivity index (χ1v) is 20.5. The van der Waals surface area contributed by atoms with Gasteiger partial charge < -0.3 is 4.74 Å². The van der Waals surface area contributed by atoms with E-state index in [2.05, 4.69) is 63.5 Å². The van der Waals surface area contributed by atoms with Crippen LogP contribution in [0.2, 0.25) is 57.4 Å². The lowest BCUT2D eigenvalue weighted by molar-refractivity contribution is 0.357. The lowest BCUT2D eigenvalue weighted by Crippen LogP contribution is -2.45. The van der Waals surface area contributed by atoms with Crippen LogP contribution in [0.3, 0.4) is 0 Å². The van der Waals surface area contributed by atoms with Crippen molar-refractivity contribution in [2.45, 2.75) is 95.3 Å². The van der Waals surface area contributed by atoms with E-state index < -0.39 is 24.9 Å². The highest BCUT2D eigenvalue weighted by Gasteiger charge is 2.43. The lowest BCUT2D eigenvalue weighted by Gasteiger charge is -2.28. The second-order valence-electron chi connectivity index (χ2n) is 10.7. The van der Waals surface area contributed by atoms with Crippen molar-refractivity contribution >= 4 is 35.3 Å². The molecule has 1 nitrogen and oxygen atoms in total. The van der Waals surface area contributed by atoms with Crippen molar-refractivity contribution in [1.29, 1.82) is 0 Å². The van der Waals surface area contributed by atoms with E-state index in [9.17, 15) is 0 Å². The van der Waals surface area contributed by atoms with Gasteiger partial charge in [-0.05, 0) is 25.2 Å². The molecule has 3 rings (SSSR count). The minimum atomic E-state index is -1.31. The molecule has 0 spiro atoms. The van der Waals surface area contributed by atoms with Gasteiger partial charge in [0.2, 0.25) is 0 Å². The Labute approximate surface area is 165 Å². The first-order chi connectivity index (χ1) is 12.2. The monoisotopic (exact) mass is 404 g/mol. The van der Waals surface area contributed by atoms with Crippen molar-refractivity contribution in [3.05, 3.63) is 24.3 Å². The van der Waals surface area contributed by atoms with E-state index >= 15 is 0 Å². The Morgan fingerprint density at radius 2 is 1.46 bits per heavy atom. The number of hydrogen-bond donors (Lipinski definition) is 0. The fourth-order valence-corrected chi connectivity index (χ4v) is 13.7. The van der Waals surface area contributed by atoms with Crippen molar-refractivity contribution in [2.24, 2.45) is 5.92 Å². The fourth-order valence-electron chi connectivity index (χ4n) is 4.62. The highest BCUT2D eigenvalue weighted by Crippen LogP contribution is 2.41. The second kappa shape index (κ2) is 8.06. The smallest absolute Gasteiger partial charge is 0.0844 e. The molecular formula is C22H40OSi3. The molecule has 1 aromatic rings. The van der Waals surface area contributed by atoms with Crippen LogP contribution in [-0.4, -0.2) is 37.2 Å². The third-order valence-corrected chi connectivity index (χ3v) is 16.0. The molecule has 1 saturated heterocycles. The van der Waals surface area contributed by atoms with E-state index in [1.54, 1.807) is 10.4 Å². The molecule has 146 valence electrons. The van der Waals surface area contributed by atoms with E-state index in [-0.39, 0.29) is 0 Å². The summed E-state index contributed by atoms with van der Waals surface area (Å²) in [6.07, 6.45) is 6.78. The Morgan fingerprint density at radius 3 is 2.00 bits per heavy atom. The van der Waals surface area contributed by atoms with Gasteiger partial charge in [-0.3, -0.25) is 0 Å². The lowest BCUT2D eigenvalue weighted by atomic mass is 9.87. The molecule has 3 atom stereocenters. The Hall–Kier alpha value is -0.169. The van der Waals surface area contributed by atoms with Crippen LogP contribution >= 0.6 is 0 Å². The first kappa shape index (κ1) is 20.6. The number of epoxide rings is 1. The predicted octanol–water partition coefficient (Wildman–Crippen LogP) is 4.96. The number of benzene rings is 1. The molecule has 3 unspecified atom stereocenters. The minimum Gasteiger partial charge on any atom is -0.370 e. The minimum absolute atomic E-state index is 0.424. The average molecular weight is 405 g/mol. The second-order valence-corrected chi connectivity index (χ2v) is 23.8. The van der Waals surface area contributed by atoms with E-state index in [0.717, 1.165) is 5.92 Å². The Morgan fingerprint density at radius 1 is 0.885 bits per heavy atom. The van der Waals surface area contributed by atoms with Gasteiger partial charge in [0.15, 0.2) is 0 Å². The standard InChI is InChI=1S/C22H40OSi3/c1-24(2)14-16-26(5,6)20-10-8-19(9-11-20)25(3,4)15-13-18-7-12-21-22(17-18)23-21/h8-11,18,21-22,24H,7,12-17H2,1-6H3. The van der Waals surface area contributed by atoms with Gasteiger partial charge in [0.1, 0.15) is 0 Å². The zero-order valence-corrected chi connectivity index (χ0v) is 21.1. The number of rotatable bonds is 8. The Kier molecular flexibility index (Phi) is 6.37. The normalized spacial score (nSPS) is 26.0. The van der Waals surface area contributed by atoms with Crippen LogP contribution in [0.1, 0.15) is 25.7 Å². The molecule has 26 heavy (non-hydrogen) atoms. The maximum absolute atomic E-state index is 5.72. The SMILES string of the molecule is C[SiH](C)CC[Si](C)(C)c1ccc([Si](C)(C)CCC2CCC3OC3C2)cc1. The molecular weight excluding hydrogens is 364 g/mol. The summed E-state index contributed by atoms with van der Waals surface area (Å²) in [5, 5.41) is 3.34. The molecule has 0 aromatic heterocycles. The topological polar surface area (TPSA) is 12.5 Å². The molecule has 0 bridgehead atoms. The zero-order valence-electron chi connectivity index (χ0n) is 18.0. The Bertz CT molecular complexity index is 594. The number of fused-ring (bicyclic) bond motifs is 1. The number of hydrogen-bond acceptors (Lipinski definition) is 1. The van der Waals surface area contributed by atoms with Crippen molar-refractivity contribution in [1.82, 2.24) is 0 Å². The zero-order chi connectivity index (χ0) is 18.9. The summed E-state index contributed by atoms with van der Waals surface area (Å²) in [7, 11) is -2.97. The molecule has 2 aliphatic rings. The van der Waals surface area contributed by atoms with Gasteiger partial charge in [-0.25, -0.2) is 0 Å². The molecule has 1 aliphatic carbocycles. The number of ether oxygens (including phenoxy) is 1. The molecule has 0 radical (unpaired) electrons. The molecule has 1 aliphatic heterocycles.